The Labute approximate surface area is 148 Å². The van der Waals surface area contributed by atoms with E-state index in [1.807, 2.05) is 18.2 Å². The quantitative estimate of drug-likeness (QED) is 0.699. The molecule has 0 aliphatic heterocycles. The molecule has 3 aromatic rings. The molecular weight excluding hydrogens is 310 g/mol. The van der Waals surface area contributed by atoms with Gasteiger partial charge in [0.1, 0.15) is 0 Å². The Balaban J connectivity index is 1.85. The number of aryl methyl sites for hydroxylation is 4. The van der Waals surface area contributed by atoms with Gasteiger partial charge >= 0.3 is 0 Å². The zero-order valence-electron chi connectivity index (χ0n) is 15.1. The van der Waals surface area contributed by atoms with Gasteiger partial charge in [-0.1, -0.05) is 42.8 Å². The number of benzene rings is 2. The fraction of sp³-hybridized carbons (Fsp3) is 0.250. The number of hydrogen-bond acceptors (Lipinski definition) is 5. The average molecular weight is 333 g/mol. The second-order valence-corrected chi connectivity index (χ2v) is 6.20. The molecule has 2 N–H and O–H groups in total. The zero-order valence-corrected chi connectivity index (χ0v) is 15.1. The van der Waals surface area contributed by atoms with Gasteiger partial charge in [0.15, 0.2) is 5.82 Å². The second kappa shape index (κ2) is 7.30. The van der Waals surface area contributed by atoms with Crippen LogP contribution in [0.5, 0.6) is 0 Å². The van der Waals surface area contributed by atoms with Crippen molar-refractivity contribution in [1.82, 2.24) is 15.2 Å². The van der Waals surface area contributed by atoms with Crippen molar-refractivity contribution in [2.75, 3.05) is 10.6 Å². The average Bonchev–Trinajstić information content (AvgIpc) is 2.59. The van der Waals surface area contributed by atoms with Crippen molar-refractivity contribution in [3.63, 3.8) is 0 Å². The Morgan fingerprint density at radius 3 is 2.40 bits per heavy atom. The molecule has 5 heteroatoms. The summed E-state index contributed by atoms with van der Waals surface area (Å²) in [7, 11) is 0. The van der Waals surface area contributed by atoms with Crippen molar-refractivity contribution in [3.05, 3.63) is 64.8 Å². The van der Waals surface area contributed by atoms with Gasteiger partial charge in [0.05, 0.1) is 6.20 Å². The van der Waals surface area contributed by atoms with E-state index in [1.165, 1.54) is 22.3 Å². The Kier molecular flexibility index (Phi) is 4.93. The van der Waals surface area contributed by atoms with Gasteiger partial charge in [0, 0.05) is 11.4 Å². The molecule has 0 amide bonds. The lowest BCUT2D eigenvalue weighted by Crippen LogP contribution is -2.05. The fourth-order valence-corrected chi connectivity index (χ4v) is 2.99. The topological polar surface area (TPSA) is 62.7 Å². The lowest BCUT2D eigenvalue weighted by Gasteiger charge is -2.14. The highest BCUT2D eigenvalue weighted by Crippen LogP contribution is 2.25. The van der Waals surface area contributed by atoms with Gasteiger partial charge in [0.2, 0.25) is 5.95 Å². The number of nitrogens with zero attached hydrogens (tertiary/aromatic N) is 3. The highest BCUT2D eigenvalue weighted by atomic mass is 15.3. The van der Waals surface area contributed by atoms with Gasteiger partial charge in [-0.05, 0) is 49.9 Å². The Morgan fingerprint density at radius 2 is 1.68 bits per heavy atom. The monoisotopic (exact) mass is 333 g/mol. The first-order valence-electron chi connectivity index (χ1n) is 8.46. The number of anilines is 4. The standard InChI is InChI=1S/C20H23N5/c1-5-16-8-6-7-9-17(16)22-20-24-18(12-21-25-20)23-19-14(3)10-13(2)11-15(19)4/h6-12H,5H2,1-4H3,(H2,22,23,24,25). The van der Waals surface area contributed by atoms with Crippen LogP contribution in [-0.2, 0) is 6.42 Å². The van der Waals surface area contributed by atoms with Crippen LogP contribution in [0.3, 0.4) is 0 Å². The predicted octanol–water partition coefficient (Wildman–Crippen LogP) is 4.85. The van der Waals surface area contributed by atoms with Crippen LogP contribution in [0, 0.1) is 20.8 Å². The lowest BCUT2D eigenvalue weighted by atomic mass is 10.1. The van der Waals surface area contributed by atoms with Crippen molar-refractivity contribution in [2.45, 2.75) is 34.1 Å². The molecular formula is C20H23N5. The molecule has 0 radical (unpaired) electrons. The molecule has 5 nitrogen and oxygen atoms in total. The molecule has 0 saturated carbocycles. The molecule has 2 aromatic carbocycles. The first-order valence-corrected chi connectivity index (χ1v) is 8.46. The van der Waals surface area contributed by atoms with Gasteiger partial charge in [-0.2, -0.15) is 10.1 Å². The van der Waals surface area contributed by atoms with E-state index in [9.17, 15) is 0 Å². The van der Waals surface area contributed by atoms with E-state index in [0.29, 0.717) is 11.8 Å². The molecule has 0 bridgehead atoms. The zero-order chi connectivity index (χ0) is 17.8. The van der Waals surface area contributed by atoms with E-state index in [1.54, 1.807) is 6.20 Å². The molecule has 25 heavy (non-hydrogen) atoms. The van der Waals surface area contributed by atoms with Crippen molar-refractivity contribution in [1.29, 1.82) is 0 Å². The molecule has 3 rings (SSSR count). The minimum Gasteiger partial charge on any atom is -0.338 e. The van der Waals surface area contributed by atoms with Crippen LogP contribution in [-0.4, -0.2) is 15.2 Å². The molecule has 128 valence electrons. The maximum Gasteiger partial charge on any atom is 0.249 e. The number of hydrogen-bond donors (Lipinski definition) is 2. The minimum atomic E-state index is 0.480. The summed E-state index contributed by atoms with van der Waals surface area (Å²) in [6.07, 6.45) is 2.58. The largest absolute Gasteiger partial charge is 0.338 e. The highest BCUT2D eigenvalue weighted by Gasteiger charge is 2.08. The predicted molar refractivity (Wildman–Crippen MR) is 103 cm³/mol. The smallest absolute Gasteiger partial charge is 0.249 e. The van der Waals surface area contributed by atoms with Gasteiger partial charge in [0.25, 0.3) is 0 Å². The molecule has 0 aliphatic rings. The van der Waals surface area contributed by atoms with Gasteiger partial charge in [-0.3, -0.25) is 0 Å². The van der Waals surface area contributed by atoms with E-state index in [2.05, 4.69) is 71.7 Å². The Bertz CT molecular complexity index is 866. The minimum absolute atomic E-state index is 0.480. The molecule has 0 spiro atoms. The summed E-state index contributed by atoms with van der Waals surface area (Å²) in [5, 5.41) is 14.8. The van der Waals surface area contributed by atoms with Crippen LogP contribution in [0.25, 0.3) is 0 Å². The highest BCUT2D eigenvalue weighted by molar-refractivity contribution is 5.66. The van der Waals surface area contributed by atoms with Crippen molar-refractivity contribution < 1.29 is 0 Å². The molecule has 1 heterocycles. The first kappa shape index (κ1) is 16.9. The van der Waals surface area contributed by atoms with Gasteiger partial charge < -0.3 is 10.6 Å². The van der Waals surface area contributed by atoms with Crippen molar-refractivity contribution >= 4 is 23.1 Å². The maximum atomic E-state index is 4.55. The van der Waals surface area contributed by atoms with Crippen molar-refractivity contribution in [2.24, 2.45) is 0 Å². The van der Waals surface area contributed by atoms with Crippen LogP contribution in [0.2, 0.25) is 0 Å². The van der Waals surface area contributed by atoms with Gasteiger partial charge in [-0.15, -0.1) is 5.10 Å². The third kappa shape index (κ3) is 3.94. The van der Waals surface area contributed by atoms with E-state index >= 15 is 0 Å². The van der Waals surface area contributed by atoms with Crippen LogP contribution in [0.1, 0.15) is 29.2 Å². The van der Waals surface area contributed by atoms with Crippen LogP contribution in [0.15, 0.2) is 42.6 Å². The summed E-state index contributed by atoms with van der Waals surface area (Å²) in [6.45, 7) is 8.41. The number of rotatable bonds is 5. The van der Waals surface area contributed by atoms with Crippen molar-refractivity contribution in [3.8, 4) is 0 Å². The van der Waals surface area contributed by atoms with E-state index in [4.69, 9.17) is 0 Å². The van der Waals surface area contributed by atoms with Crippen LogP contribution >= 0.6 is 0 Å². The SMILES string of the molecule is CCc1ccccc1Nc1nncc(Nc2c(C)cc(C)cc2C)n1. The first-order chi connectivity index (χ1) is 12.1. The van der Waals surface area contributed by atoms with Crippen LogP contribution in [0.4, 0.5) is 23.1 Å². The summed E-state index contributed by atoms with van der Waals surface area (Å²) >= 11 is 0. The Hall–Kier alpha value is -2.95. The third-order valence-electron chi connectivity index (χ3n) is 4.13. The normalized spacial score (nSPS) is 10.6. The summed E-state index contributed by atoms with van der Waals surface area (Å²) in [6, 6.07) is 12.5. The molecule has 0 atom stereocenters. The van der Waals surface area contributed by atoms with E-state index < -0.39 is 0 Å². The maximum absolute atomic E-state index is 4.55. The lowest BCUT2D eigenvalue weighted by molar-refractivity contribution is 0.979. The molecule has 1 aromatic heterocycles. The van der Waals surface area contributed by atoms with E-state index in [-0.39, 0.29) is 0 Å². The number of nitrogens with one attached hydrogen (secondary N) is 2. The number of aromatic nitrogens is 3. The summed E-state index contributed by atoms with van der Waals surface area (Å²) in [5.74, 6) is 1.15. The van der Waals surface area contributed by atoms with Gasteiger partial charge in [-0.25, -0.2) is 0 Å². The summed E-state index contributed by atoms with van der Waals surface area (Å²) in [5.41, 5.74) is 6.90. The molecule has 0 aliphatic carbocycles. The fourth-order valence-electron chi connectivity index (χ4n) is 2.99. The Morgan fingerprint density at radius 1 is 0.960 bits per heavy atom. The molecule has 0 saturated heterocycles. The molecule has 0 unspecified atom stereocenters. The third-order valence-corrected chi connectivity index (χ3v) is 4.13. The number of para-hydroxylation sites is 1. The summed E-state index contributed by atoms with van der Waals surface area (Å²) < 4.78 is 0. The molecule has 0 fully saturated rings. The van der Waals surface area contributed by atoms with E-state index in [0.717, 1.165) is 17.8 Å². The second-order valence-electron chi connectivity index (χ2n) is 6.20. The summed E-state index contributed by atoms with van der Waals surface area (Å²) in [4.78, 5) is 4.55. The van der Waals surface area contributed by atoms with Crippen LogP contribution < -0.4 is 10.6 Å².